The minimum absolute atomic E-state index is 0.133. The highest BCUT2D eigenvalue weighted by Crippen LogP contribution is 2.19. The van der Waals surface area contributed by atoms with E-state index in [9.17, 15) is 13.2 Å². The fourth-order valence-corrected chi connectivity index (χ4v) is 1.63. The second kappa shape index (κ2) is 6.90. The van der Waals surface area contributed by atoms with Crippen LogP contribution in [0.15, 0.2) is 29.4 Å². The van der Waals surface area contributed by atoms with E-state index < -0.39 is 12.7 Å². The van der Waals surface area contributed by atoms with Gasteiger partial charge in [-0.25, -0.2) is 5.01 Å². The third-order valence-electron chi connectivity index (χ3n) is 1.98. The summed E-state index contributed by atoms with van der Waals surface area (Å²) in [5.74, 6) is 0. The van der Waals surface area contributed by atoms with Gasteiger partial charge in [0.25, 0.3) is 0 Å². The maximum atomic E-state index is 12.5. The summed E-state index contributed by atoms with van der Waals surface area (Å²) in [6.07, 6.45) is -4.40. The molecule has 1 rings (SSSR count). The number of nitrogens with one attached hydrogen (secondary N) is 1. The van der Waals surface area contributed by atoms with E-state index in [1.165, 1.54) is 0 Å². The summed E-state index contributed by atoms with van der Waals surface area (Å²) >= 11 is 10.7. The number of nitrogens with zero attached hydrogens (tertiary/aromatic N) is 2. The number of anilines is 1. The lowest BCUT2D eigenvalue weighted by molar-refractivity contribution is -0.137. The number of hydrazone groups is 1. The summed E-state index contributed by atoms with van der Waals surface area (Å²) in [7, 11) is 0. The van der Waals surface area contributed by atoms with Crippen molar-refractivity contribution in [2.24, 2.45) is 5.10 Å². The molecule has 0 saturated carbocycles. The average molecular weight is 324 g/mol. The van der Waals surface area contributed by atoms with E-state index >= 15 is 0 Å². The van der Waals surface area contributed by atoms with Gasteiger partial charge in [0.15, 0.2) is 5.11 Å². The lowest BCUT2D eigenvalue weighted by atomic mass is 10.3. The molecular weight excluding hydrogens is 311 g/mol. The zero-order valence-corrected chi connectivity index (χ0v) is 12.4. The number of thiocarbonyl (C=S) groups is 1. The third kappa shape index (κ3) is 6.21. The predicted molar refractivity (Wildman–Crippen MR) is 79.2 cm³/mol. The SMILES string of the molecule is CC(C)=NN(CC(F)(F)F)C(=S)Nc1ccc(Cl)cc1. The van der Waals surface area contributed by atoms with E-state index in [-0.39, 0.29) is 5.11 Å². The van der Waals surface area contributed by atoms with Crippen molar-refractivity contribution in [3.05, 3.63) is 29.3 Å². The van der Waals surface area contributed by atoms with Gasteiger partial charge in [0.1, 0.15) is 6.54 Å². The number of rotatable bonds is 3. The summed E-state index contributed by atoms with van der Waals surface area (Å²) < 4.78 is 37.5. The van der Waals surface area contributed by atoms with E-state index in [1.807, 2.05) is 0 Å². The highest BCUT2D eigenvalue weighted by atomic mass is 35.5. The van der Waals surface area contributed by atoms with Crippen LogP contribution >= 0.6 is 23.8 Å². The molecule has 0 atom stereocenters. The minimum Gasteiger partial charge on any atom is -0.331 e. The van der Waals surface area contributed by atoms with Crippen LogP contribution in [0.2, 0.25) is 5.02 Å². The van der Waals surface area contributed by atoms with Crippen molar-refractivity contribution >= 4 is 40.3 Å². The van der Waals surface area contributed by atoms with Crippen LogP contribution in [0.4, 0.5) is 18.9 Å². The van der Waals surface area contributed by atoms with E-state index in [0.717, 1.165) is 0 Å². The fraction of sp³-hybridized carbons (Fsp3) is 0.333. The Morgan fingerprint density at radius 2 is 1.85 bits per heavy atom. The third-order valence-corrected chi connectivity index (χ3v) is 2.54. The van der Waals surface area contributed by atoms with Crippen molar-refractivity contribution in [2.75, 3.05) is 11.9 Å². The zero-order valence-electron chi connectivity index (χ0n) is 10.8. The first-order valence-corrected chi connectivity index (χ1v) is 6.38. The molecular formula is C12H13ClF3N3S. The van der Waals surface area contributed by atoms with Crippen LogP contribution in [0.1, 0.15) is 13.8 Å². The lowest BCUT2D eigenvalue weighted by Gasteiger charge is -2.22. The lowest BCUT2D eigenvalue weighted by Crippen LogP contribution is -2.38. The van der Waals surface area contributed by atoms with Crippen LogP contribution in [0.3, 0.4) is 0 Å². The van der Waals surface area contributed by atoms with Crippen molar-refractivity contribution in [3.8, 4) is 0 Å². The molecule has 8 heteroatoms. The molecule has 0 heterocycles. The number of benzene rings is 1. The molecule has 0 aromatic heterocycles. The van der Waals surface area contributed by atoms with Gasteiger partial charge in [-0.3, -0.25) is 0 Å². The largest absolute Gasteiger partial charge is 0.408 e. The first kappa shape index (κ1) is 16.7. The molecule has 0 bridgehead atoms. The van der Waals surface area contributed by atoms with E-state index in [0.29, 0.717) is 21.4 Å². The molecule has 0 aliphatic rings. The highest BCUT2D eigenvalue weighted by molar-refractivity contribution is 7.80. The Hall–Kier alpha value is -1.34. The monoisotopic (exact) mass is 323 g/mol. The van der Waals surface area contributed by atoms with Gasteiger partial charge in [-0.05, 0) is 50.3 Å². The highest BCUT2D eigenvalue weighted by Gasteiger charge is 2.32. The maximum absolute atomic E-state index is 12.5. The molecule has 110 valence electrons. The van der Waals surface area contributed by atoms with Crippen LogP contribution in [-0.2, 0) is 0 Å². The number of alkyl halides is 3. The summed E-state index contributed by atoms with van der Waals surface area (Å²) in [5.41, 5.74) is 1.00. The van der Waals surface area contributed by atoms with Gasteiger partial charge in [0.05, 0.1) is 0 Å². The van der Waals surface area contributed by atoms with Gasteiger partial charge in [-0.1, -0.05) is 11.6 Å². The fourth-order valence-electron chi connectivity index (χ4n) is 1.29. The molecule has 20 heavy (non-hydrogen) atoms. The molecule has 1 N–H and O–H groups in total. The van der Waals surface area contributed by atoms with Crippen molar-refractivity contribution < 1.29 is 13.2 Å². The topological polar surface area (TPSA) is 27.6 Å². The normalized spacial score (nSPS) is 10.9. The standard InChI is InChI=1S/C12H13ClF3N3S/c1-8(2)18-19(7-12(14,15)16)11(20)17-10-5-3-9(13)4-6-10/h3-6H,7H2,1-2H3,(H,17,20). The predicted octanol–water partition coefficient (Wildman–Crippen LogP) is 4.30. The number of hydrogen-bond acceptors (Lipinski definition) is 2. The van der Waals surface area contributed by atoms with Crippen LogP contribution in [0.5, 0.6) is 0 Å². The molecule has 0 aliphatic carbocycles. The number of halogens is 4. The Balaban J connectivity index is 2.82. The molecule has 0 aliphatic heterocycles. The molecule has 0 spiro atoms. The van der Waals surface area contributed by atoms with Crippen molar-refractivity contribution in [1.29, 1.82) is 0 Å². The number of hydrogen-bond donors (Lipinski definition) is 1. The Morgan fingerprint density at radius 1 is 1.30 bits per heavy atom. The second-order valence-corrected chi connectivity index (χ2v) is 4.98. The molecule has 0 radical (unpaired) electrons. The van der Waals surface area contributed by atoms with Gasteiger partial charge in [-0.2, -0.15) is 18.3 Å². The molecule has 0 amide bonds. The van der Waals surface area contributed by atoms with Crippen LogP contribution in [-0.4, -0.2) is 28.6 Å². The van der Waals surface area contributed by atoms with E-state index in [1.54, 1.807) is 38.1 Å². The quantitative estimate of drug-likeness (QED) is 0.510. The smallest absolute Gasteiger partial charge is 0.331 e. The molecule has 0 unspecified atom stereocenters. The van der Waals surface area contributed by atoms with Crippen LogP contribution in [0, 0.1) is 0 Å². The first-order chi connectivity index (χ1) is 9.17. The van der Waals surface area contributed by atoms with Gasteiger partial charge in [-0.15, -0.1) is 0 Å². The van der Waals surface area contributed by atoms with Crippen molar-refractivity contribution in [1.82, 2.24) is 5.01 Å². The van der Waals surface area contributed by atoms with Gasteiger partial charge < -0.3 is 5.32 Å². The molecule has 1 aromatic rings. The average Bonchev–Trinajstić information content (AvgIpc) is 2.29. The van der Waals surface area contributed by atoms with Gasteiger partial charge in [0.2, 0.25) is 0 Å². The van der Waals surface area contributed by atoms with Gasteiger partial charge >= 0.3 is 6.18 Å². The van der Waals surface area contributed by atoms with Crippen molar-refractivity contribution in [2.45, 2.75) is 20.0 Å². The van der Waals surface area contributed by atoms with Gasteiger partial charge in [0, 0.05) is 16.4 Å². The van der Waals surface area contributed by atoms with Crippen LogP contribution < -0.4 is 5.32 Å². The molecule has 1 aromatic carbocycles. The Morgan fingerprint density at radius 3 is 2.30 bits per heavy atom. The molecule has 3 nitrogen and oxygen atoms in total. The summed E-state index contributed by atoms with van der Waals surface area (Å²) in [6.45, 7) is 1.93. The van der Waals surface area contributed by atoms with Crippen molar-refractivity contribution in [3.63, 3.8) is 0 Å². The first-order valence-electron chi connectivity index (χ1n) is 5.60. The van der Waals surface area contributed by atoms with E-state index in [4.69, 9.17) is 23.8 Å². The van der Waals surface area contributed by atoms with Crippen LogP contribution in [0.25, 0.3) is 0 Å². The summed E-state index contributed by atoms with van der Waals surface area (Å²) in [5, 5.41) is 7.56. The van der Waals surface area contributed by atoms with E-state index in [2.05, 4.69) is 10.4 Å². The molecule has 0 saturated heterocycles. The summed E-state index contributed by atoms with van der Waals surface area (Å²) in [6, 6.07) is 6.44. The zero-order chi connectivity index (χ0) is 15.3. The second-order valence-electron chi connectivity index (χ2n) is 4.16. The maximum Gasteiger partial charge on any atom is 0.408 e. The Bertz CT molecular complexity index is 496. The summed E-state index contributed by atoms with van der Waals surface area (Å²) in [4.78, 5) is 0. The Labute approximate surface area is 125 Å². The molecule has 0 fully saturated rings. The Kier molecular flexibility index (Phi) is 5.76. The minimum atomic E-state index is -4.40.